The van der Waals surface area contributed by atoms with Crippen LogP contribution in [0, 0.1) is 0 Å². The number of thiophene rings is 1. The summed E-state index contributed by atoms with van der Waals surface area (Å²) in [6.45, 7) is 2.26. The van der Waals surface area contributed by atoms with Gasteiger partial charge in [0.05, 0.1) is 18.3 Å². The first kappa shape index (κ1) is 20.1. The van der Waals surface area contributed by atoms with Crippen molar-refractivity contribution in [1.29, 1.82) is 0 Å². The molecule has 2 aliphatic rings. The van der Waals surface area contributed by atoms with Crippen LogP contribution in [0.15, 0.2) is 53.6 Å². The molecule has 0 bridgehead atoms. The predicted molar refractivity (Wildman–Crippen MR) is 130 cm³/mol. The predicted octanol–water partition coefficient (Wildman–Crippen LogP) is 4.29. The average molecular weight is 446 g/mol. The van der Waals surface area contributed by atoms with Crippen LogP contribution in [0.2, 0.25) is 0 Å². The van der Waals surface area contributed by atoms with Crippen LogP contribution in [0.1, 0.15) is 35.3 Å². The minimum absolute atomic E-state index is 0.0938. The molecule has 1 unspecified atom stereocenters. The Balaban J connectivity index is 1.30. The zero-order valence-electron chi connectivity index (χ0n) is 18.0. The van der Waals surface area contributed by atoms with E-state index in [4.69, 9.17) is 9.72 Å². The van der Waals surface area contributed by atoms with Crippen LogP contribution in [-0.4, -0.2) is 34.8 Å². The highest BCUT2D eigenvalue weighted by Crippen LogP contribution is 2.34. The van der Waals surface area contributed by atoms with Crippen LogP contribution in [0.25, 0.3) is 21.0 Å². The highest BCUT2D eigenvalue weighted by molar-refractivity contribution is 7.18. The van der Waals surface area contributed by atoms with E-state index in [1.165, 1.54) is 21.2 Å². The van der Waals surface area contributed by atoms with Gasteiger partial charge in [-0.05, 0) is 54.0 Å². The number of hydrogen-bond donors (Lipinski definition) is 1. The number of ether oxygens (including phenoxy) is 1. The number of nitrogens with one attached hydrogen (secondary N) is 1. The standard InChI is InChI=1S/C26H27N3O2S/c30-26-24-22-9-8-20(28-19-10-12-31-13-11-19)14-23(22)32-25(24)27-16-29(26)15-18-6-3-5-17-4-1-2-7-21(17)18/h1-7,16,19-20,28H,8-15H2. The summed E-state index contributed by atoms with van der Waals surface area (Å²) in [6, 6.07) is 15.7. The molecule has 1 aliphatic heterocycles. The van der Waals surface area contributed by atoms with Crippen molar-refractivity contribution in [3.05, 3.63) is 75.1 Å². The molecular weight excluding hydrogens is 418 g/mol. The molecule has 4 aromatic rings. The second-order valence-corrected chi connectivity index (χ2v) is 10.1. The van der Waals surface area contributed by atoms with Crippen molar-refractivity contribution in [3.8, 4) is 0 Å². The average Bonchev–Trinajstić information content (AvgIpc) is 3.20. The maximum atomic E-state index is 13.5. The maximum absolute atomic E-state index is 13.5. The summed E-state index contributed by atoms with van der Waals surface area (Å²) in [4.78, 5) is 20.4. The zero-order chi connectivity index (χ0) is 21.5. The van der Waals surface area contributed by atoms with Gasteiger partial charge in [-0.1, -0.05) is 42.5 Å². The van der Waals surface area contributed by atoms with Gasteiger partial charge >= 0.3 is 0 Å². The van der Waals surface area contributed by atoms with Gasteiger partial charge < -0.3 is 10.1 Å². The molecule has 5 nitrogen and oxygen atoms in total. The van der Waals surface area contributed by atoms with Gasteiger partial charge in [0.25, 0.3) is 5.56 Å². The second-order valence-electron chi connectivity index (χ2n) is 8.99. The zero-order valence-corrected chi connectivity index (χ0v) is 18.9. The SMILES string of the molecule is O=c1c2c3c(sc2ncn1Cc1cccc2ccccc12)CC(NC1CCOCC1)CC3. The molecule has 0 radical (unpaired) electrons. The van der Waals surface area contributed by atoms with Crippen LogP contribution in [-0.2, 0) is 24.1 Å². The second kappa shape index (κ2) is 8.43. The van der Waals surface area contributed by atoms with Crippen molar-refractivity contribution < 1.29 is 4.74 Å². The van der Waals surface area contributed by atoms with Gasteiger partial charge in [-0.25, -0.2) is 4.98 Å². The molecule has 2 aromatic heterocycles. The molecule has 0 amide bonds. The Bertz CT molecular complexity index is 1330. The number of benzene rings is 2. The van der Waals surface area contributed by atoms with Gasteiger partial charge in [0.15, 0.2) is 0 Å². The van der Waals surface area contributed by atoms with Crippen molar-refractivity contribution in [3.63, 3.8) is 0 Å². The highest BCUT2D eigenvalue weighted by atomic mass is 32.1. The lowest BCUT2D eigenvalue weighted by molar-refractivity contribution is 0.0743. The minimum atomic E-state index is 0.0938. The van der Waals surface area contributed by atoms with Crippen molar-refractivity contribution >= 4 is 32.3 Å². The van der Waals surface area contributed by atoms with Crippen molar-refractivity contribution in [2.75, 3.05) is 13.2 Å². The van der Waals surface area contributed by atoms with Crippen LogP contribution in [0.3, 0.4) is 0 Å². The lowest BCUT2D eigenvalue weighted by Crippen LogP contribution is -2.44. The molecule has 0 spiro atoms. The molecule has 2 aromatic carbocycles. The number of rotatable bonds is 4. The lowest BCUT2D eigenvalue weighted by atomic mass is 9.92. The first-order valence-electron chi connectivity index (χ1n) is 11.6. The molecule has 32 heavy (non-hydrogen) atoms. The molecule has 3 heterocycles. The first-order chi connectivity index (χ1) is 15.8. The smallest absolute Gasteiger partial charge is 0.262 e. The molecular formula is C26H27N3O2S. The van der Waals surface area contributed by atoms with E-state index in [1.54, 1.807) is 22.2 Å². The Morgan fingerprint density at radius 3 is 2.81 bits per heavy atom. The molecule has 1 fully saturated rings. The summed E-state index contributed by atoms with van der Waals surface area (Å²) >= 11 is 1.71. The topological polar surface area (TPSA) is 56.2 Å². The van der Waals surface area contributed by atoms with Gasteiger partial charge in [0, 0.05) is 30.2 Å². The Morgan fingerprint density at radius 1 is 1.06 bits per heavy atom. The van der Waals surface area contributed by atoms with E-state index in [-0.39, 0.29) is 5.56 Å². The summed E-state index contributed by atoms with van der Waals surface area (Å²) in [5, 5.41) is 7.07. The van der Waals surface area contributed by atoms with Crippen LogP contribution < -0.4 is 10.9 Å². The van der Waals surface area contributed by atoms with Gasteiger partial charge in [-0.2, -0.15) is 0 Å². The van der Waals surface area contributed by atoms with E-state index < -0.39 is 0 Å². The molecule has 6 heteroatoms. The summed E-state index contributed by atoms with van der Waals surface area (Å²) in [6.07, 6.45) is 6.94. The van der Waals surface area contributed by atoms with Crippen LogP contribution in [0.5, 0.6) is 0 Å². The Kier molecular flexibility index (Phi) is 5.29. The summed E-state index contributed by atoms with van der Waals surface area (Å²) in [7, 11) is 0. The van der Waals surface area contributed by atoms with E-state index in [9.17, 15) is 4.79 Å². The summed E-state index contributed by atoms with van der Waals surface area (Å²) in [5.41, 5.74) is 2.48. The highest BCUT2D eigenvalue weighted by Gasteiger charge is 2.27. The number of fused-ring (bicyclic) bond motifs is 4. The van der Waals surface area contributed by atoms with E-state index in [0.29, 0.717) is 18.6 Å². The molecule has 1 atom stereocenters. The molecule has 0 saturated carbocycles. The van der Waals surface area contributed by atoms with Crippen LogP contribution in [0.4, 0.5) is 0 Å². The lowest BCUT2D eigenvalue weighted by Gasteiger charge is -2.30. The van der Waals surface area contributed by atoms with Crippen molar-refractivity contribution in [2.45, 2.75) is 50.7 Å². The third kappa shape index (κ3) is 3.66. The van der Waals surface area contributed by atoms with Gasteiger partial charge in [-0.3, -0.25) is 9.36 Å². The van der Waals surface area contributed by atoms with Crippen molar-refractivity contribution in [2.24, 2.45) is 0 Å². The Labute approximate surface area is 191 Å². The van der Waals surface area contributed by atoms with Gasteiger partial charge in [0.2, 0.25) is 0 Å². The van der Waals surface area contributed by atoms with Gasteiger partial charge in [0.1, 0.15) is 4.83 Å². The number of aromatic nitrogens is 2. The Hall–Kier alpha value is -2.54. The fraction of sp³-hybridized carbons (Fsp3) is 0.385. The third-order valence-corrected chi connectivity index (χ3v) is 8.11. The summed E-state index contributed by atoms with van der Waals surface area (Å²) in [5.74, 6) is 0. The molecule has 1 N–H and O–H groups in total. The third-order valence-electron chi connectivity index (χ3n) is 6.95. The van der Waals surface area contributed by atoms with E-state index in [1.807, 2.05) is 6.07 Å². The number of nitrogens with zero attached hydrogens (tertiary/aromatic N) is 2. The van der Waals surface area contributed by atoms with E-state index in [2.05, 4.69) is 41.7 Å². The fourth-order valence-corrected chi connectivity index (χ4v) is 6.53. The fourth-order valence-electron chi connectivity index (χ4n) is 5.27. The maximum Gasteiger partial charge on any atom is 0.262 e. The normalized spacial score (nSPS) is 19.4. The minimum Gasteiger partial charge on any atom is -0.381 e. The largest absolute Gasteiger partial charge is 0.381 e. The molecule has 164 valence electrons. The van der Waals surface area contributed by atoms with E-state index in [0.717, 1.165) is 61.1 Å². The molecule has 6 rings (SSSR count). The van der Waals surface area contributed by atoms with Gasteiger partial charge in [-0.15, -0.1) is 11.3 Å². The number of hydrogen-bond acceptors (Lipinski definition) is 5. The molecule has 1 saturated heterocycles. The first-order valence-corrected chi connectivity index (χ1v) is 12.4. The summed E-state index contributed by atoms with van der Waals surface area (Å²) < 4.78 is 7.27. The Morgan fingerprint density at radius 2 is 1.91 bits per heavy atom. The quantitative estimate of drug-likeness (QED) is 0.509. The monoisotopic (exact) mass is 445 g/mol. The van der Waals surface area contributed by atoms with Crippen LogP contribution >= 0.6 is 11.3 Å². The molecule has 1 aliphatic carbocycles. The number of aryl methyl sites for hydroxylation is 1. The van der Waals surface area contributed by atoms with Crippen molar-refractivity contribution in [1.82, 2.24) is 14.9 Å². The van der Waals surface area contributed by atoms with E-state index >= 15 is 0 Å².